The van der Waals surface area contributed by atoms with E-state index in [1.807, 2.05) is 18.2 Å². The van der Waals surface area contributed by atoms with Gasteiger partial charge in [0, 0.05) is 31.9 Å². The molecule has 2 aromatic carbocycles. The van der Waals surface area contributed by atoms with E-state index in [1.54, 1.807) is 39.0 Å². The molecule has 2 fully saturated rings. The molecule has 2 aliphatic heterocycles. The van der Waals surface area contributed by atoms with Crippen molar-refractivity contribution >= 4 is 43.0 Å². The number of benzene rings is 2. The second-order valence-electron chi connectivity index (χ2n) is 12.5. The van der Waals surface area contributed by atoms with Gasteiger partial charge in [0.2, 0.25) is 20.0 Å². The summed E-state index contributed by atoms with van der Waals surface area (Å²) in [5, 5.41) is 12.1. The molecule has 1 saturated carbocycles. The van der Waals surface area contributed by atoms with Crippen LogP contribution in [0.4, 0.5) is 17.1 Å². The third kappa shape index (κ3) is 6.40. The molecule has 10 nitrogen and oxygen atoms in total. The highest BCUT2D eigenvalue weighted by Gasteiger charge is 2.44. The van der Waals surface area contributed by atoms with Crippen LogP contribution in [0.15, 0.2) is 36.4 Å². The zero-order chi connectivity index (χ0) is 29.6. The maximum atomic E-state index is 13.6. The van der Waals surface area contributed by atoms with Crippen molar-refractivity contribution in [3.05, 3.63) is 53.1 Å². The molecule has 0 aromatic heterocycles. The number of nitrogens with one attached hydrogen (secondary N) is 2. The predicted molar refractivity (Wildman–Crippen MR) is 161 cm³/mol. The summed E-state index contributed by atoms with van der Waals surface area (Å²) < 4.78 is 53.8. The van der Waals surface area contributed by atoms with Crippen LogP contribution in [0, 0.1) is 5.41 Å². The van der Waals surface area contributed by atoms with Crippen LogP contribution in [0.3, 0.4) is 0 Å². The van der Waals surface area contributed by atoms with Crippen molar-refractivity contribution in [3.8, 4) is 0 Å². The van der Waals surface area contributed by atoms with E-state index in [-0.39, 0.29) is 12.5 Å². The average Bonchev–Trinajstić information content (AvgIpc) is 3.66. The van der Waals surface area contributed by atoms with Crippen molar-refractivity contribution in [2.75, 3.05) is 46.9 Å². The number of sulfonamides is 2. The SMILES string of the molecule is CC(C)(C)S(=O)(=O)N1CCc2ccc(NC(=O)c3ccc(NS(=O)(=O)CCO)cc3N3CCC4(CC3)CC4)cc2C1. The predicted octanol–water partition coefficient (Wildman–Crippen LogP) is 3.54. The fourth-order valence-electron chi connectivity index (χ4n) is 5.70. The Morgan fingerprint density at radius 3 is 2.24 bits per heavy atom. The number of hydrogen-bond donors (Lipinski definition) is 3. The molecule has 0 unspecified atom stereocenters. The van der Waals surface area contributed by atoms with Crippen LogP contribution in [0.2, 0.25) is 0 Å². The van der Waals surface area contributed by atoms with Gasteiger partial charge in [-0.25, -0.2) is 16.8 Å². The molecule has 41 heavy (non-hydrogen) atoms. The minimum absolute atomic E-state index is 0.252. The Hall–Kier alpha value is -2.67. The Morgan fingerprint density at radius 1 is 0.927 bits per heavy atom. The first-order valence-corrected chi connectivity index (χ1v) is 17.2. The lowest BCUT2D eigenvalue weighted by molar-refractivity contribution is 0.102. The summed E-state index contributed by atoms with van der Waals surface area (Å²) in [7, 11) is -7.21. The highest BCUT2D eigenvalue weighted by Crippen LogP contribution is 2.54. The quantitative estimate of drug-likeness (QED) is 0.419. The molecular formula is C29H40N4O6S2. The molecule has 3 aliphatic rings. The van der Waals surface area contributed by atoms with Gasteiger partial charge in [-0.05, 0) is 99.7 Å². The summed E-state index contributed by atoms with van der Waals surface area (Å²) in [5.41, 5.74) is 4.34. The topological polar surface area (TPSA) is 136 Å². The molecule has 0 bridgehead atoms. The van der Waals surface area contributed by atoms with Crippen LogP contribution in [0.25, 0.3) is 0 Å². The second-order valence-corrected chi connectivity index (χ2v) is 17.0. The number of amides is 1. The van der Waals surface area contributed by atoms with Gasteiger partial charge in [0.25, 0.3) is 5.91 Å². The molecule has 1 amide bonds. The van der Waals surface area contributed by atoms with Crippen molar-refractivity contribution in [2.24, 2.45) is 5.41 Å². The van der Waals surface area contributed by atoms with Gasteiger partial charge in [-0.1, -0.05) is 6.07 Å². The third-order valence-corrected chi connectivity index (χ3v) is 12.4. The molecule has 3 N–H and O–H groups in total. The molecule has 0 atom stereocenters. The van der Waals surface area contributed by atoms with Gasteiger partial charge >= 0.3 is 0 Å². The zero-order valence-corrected chi connectivity index (χ0v) is 25.6. The van der Waals surface area contributed by atoms with Crippen molar-refractivity contribution in [1.82, 2.24) is 4.31 Å². The Bertz CT molecular complexity index is 1540. The molecule has 12 heteroatoms. The van der Waals surface area contributed by atoms with Crippen LogP contribution in [0.5, 0.6) is 0 Å². The molecule has 5 rings (SSSR count). The number of aliphatic hydroxyl groups is 1. The van der Waals surface area contributed by atoms with Gasteiger partial charge in [0.15, 0.2) is 0 Å². The molecule has 1 saturated heterocycles. The number of nitrogens with zero attached hydrogens (tertiary/aromatic N) is 2. The van der Waals surface area contributed by atoms with Crippen LogP contribution in [0.1, 0.15) is 67.9 Å². The Kier molecular flexibility index (Phi) is 7.90. The number of fused-ring (bicyclic) bond motifs is 1. The summed E-state index contributed by atoms with van der Waals surface area (Å²) in [6.07, 6.45) is 5.15. The number of carbonyl (C=O) groups excluding carboxylic acids is 1. The van der Waals surface area contributed by atoms with Gasteiger partial charge in [-0.15, -0.1) is 0 Å². The maximum Gasteiger partial charge on any atom is 0.257 e. The summed E-state index contributed by atoms with van der Waals surface area (Å²) in [6, 6.07) is 10.5. The molecule has 0 radical (unpaired) electrons. The summed E-state index contributed by atoms with van der Waals surface area (Å²) >= 11 is 0. The van der Waals surface area contributed by atoms with Crippen LogP contribution in [-0.2, 0) is 33.0 Å². The van der Waals surface area contributed by atoms with E-state index < -0.39 is 37.2 Å². The lowest BCUT2D eigenvalue weighted by Crippen LogP contribution is -2.45. The number of rotatable bonds is 8. The van der Waals surface area contributed by atoms with Crippen molar-refractivity contribution in [2.45, 2.75) is 64.2 Å². The summed E-state index contributed by atoms with van der Waals surface area (Å²) in [6.45, 7) is 6.84. The van der Waals surface area contributed by atoms with E-state index in [0.29, 0.717) is 41.0 Å². The van der Waals surface area contributed by atoms with Crippen LogP contribution >= 0.6 is 0 Å². The maximum absolute atomic E-state index is 13.6. The third-order valence-electron chi connectivity index (χ3n) is 8.55. The summed E-state index contributed by atoms with van der Waals surface area (Å²) in [4.78, 5) is 15.8. The Labute approximate surface area is 243 Å². The molecule has 1 aliphatic carbocycles. The summed E-state index contributed by atoms with van der Waals surface area (Å²) in [5.74, 6) is -0.740. The molecule has 2 aromatic rings. The lowest BCUT2D eigenvalue weighted by Gasteiger charge is -2.35. The van der Waals surface area contributed by atoms with Crippen molar-refractivity contribution in [1.29, 1.82) is 0 Å². The van der Waals surface area contributed by atoms with Gasteiger partial charge in [-0.2, -0.15) is 4.31 Å². The van der Waals surface area contributed by atoms with E-state index in [1.165, 1.54) is 17.1 Å². The minimum atomic E-state index is -3.72. The van der Waals surface area contributed by atoms with E-state index in [0.717, 1.165) is 37.1 Å². The van der Waals surface area contributed by atoms with Crippen molar-refractivity contribution < 1.29 is 26.7 Å². The molecular weight excluding hydrogens is 564 g/mol. The normalized spacial score (nSPS) is 19.1. The first-order chi connectivity index (χ1) is 19.2. The highest BCUT2D eigenvalue weighted by atomic mass is 32.2. The average molecular weight is 605 g/mol. The van der Waals surface area contributed by atoms with Gasteiger partial charge in [0.05, 0.1) is 34.0 Å². The number of anilines is 3. The van der Waals surface area contributed by atoms with Crippen molar-refractivity contribution in [3.63, 3.8) is 0 Å². The zero-order valence-electron chi connectivity index (χ0n) is 23.9. The van der Waals surface area contributed by atoms with E-state index in [2.05, 4.69) is 14.9 Å². The number of carbonyl (C=O) groups is 1. The molecule has 1 spiro atoms. The first kappa shape index (κ1) is 29.8. The highest BCUT2D eigenvalue weighted by molar-refractivity contribution is 7.92. The Balaban J connectivity index is 1.39. The number of aliphatic hydroxyl groups excluding tert-OH is 1. The minimum Gasteiger partial charge on any atom is -0.395 e. The lowest BCUT2D eigenvalue weighted by atomic mass is 9.93. The van der Waals surface area contributed by atoms with E-state index in [4.69, 9.17) is 5.11 Å². The Morgan fingerprint density at radius 2 is 1.61 bits per heavy atom. The fourth-order valence-corrected chi connectivity index (χ4v) is 7.94. The fraction of sp³-hybridized carbons (Fsp3) is 0.552. The van der Waals surface area contributed by atoms with Crippen LogP contribution < -0.4 is 14.9 Å². The monoisotopic (exact) mass is 604 g/mol. The van der Waals surface area contributed by atoms with E-state index >= 15 is 0 Å². The first-order valence-electron chi connectivity index (χ1n) is 14.2. The van der Waals surface area contributed by atoms with Crippen LogP contribution in [-0.4, -0.2) is 68.9 Å². The second kappa shape index (κ2) is 10.9. The number of hydrogen-bond acceptors (Lipinski definition) is 7. The van der Waals surface area contributed by atoms with E-state index in [9.17, 15) is 21.6 Å². The molecule has 2 heterocycles. The molecule has 224 valence electrons. The van der Waals surface area contributed by atoms with Gasteiger partial charge < -0.3 is 15.3 Å². The standard InChI is InChI=1S/C29H40N4O6S2/c1-28(2,3)41(38,39)33-13-8-21-4-5-23(18-22(21)20-33)30-27(35)25-7-6-24(31-40(36,37)17-16-34)19-26(25)32-14-11-29(9-10-29)12-15-32/h4-7,18-19,31,34H,8-17,20H2,1-3H3,(H,30,35). The largest absolute Gasteiger partial charge is 0.395 e. The van der Waals surface area contributed by atoms with Gasteiger partial charge in [0.1, 0.15) is 0 Å². The number of piperidine rings is 1. The smallest absolute Gasteiger partial charge is 0.257 e. The van der Waals surface area contributed by atoms with Gasteiger partial charge in [-0.3, -0.25) is 9.52 Å².